The molecule has 34 heavy (non-hydrogen) atoms. The first-order valence-electron chi connectivity index (χ1n) is 10.9. The second kappa shape index (κ2) is 10.7. The van der Waals surface area contributed by atoms with Crippen LogP contribution in [0.15, 0.2) is 34.9 Å². The Morgan fingerprint density at radius 1 is 1.32 bits per heavy atom. The standard InChI is InChI=1S/C24H28Cl2F3N3O2/c1-14(19(26)6-5-17(10-25)23(33)32-11-16(12-32)13-34-4)8-21-30-22-15(2)7-18(24(27,28)29)9-20(22)31(21)3/h5-7,9,14,16H,8,10-13H2,1-4H3/b17-5+,19-6+. The fourth-order valence-corrected chi connectivity index (χ4v) is 4.36. The molecule has 1 fully saturated rings. The van der Waals surface area contributed by atoms with Crippen LogP contribution in [0.5, 0.6) is 0 Å². The Kier molecular flexibility index (Phi) is 8.37. The molecule has 3 rings (SSSR count). The molecule has 0 aliphatic carbocycles. The Balaban J connectivity index is 1.74. The van der Waals surface area contributed by atoms with Gasteiger partial charge in [0.1, 0.15) is 5.82 Å². The van der Waals surface area contributed by atoms with Gasteiger partial charge in [-0.15, -0.1) is 11.6 Å². The molecule has 0 radical (unpaired) electrons. The van der Waals surface area contributed by atoms with Crippen LogP contribution in [0.3, 0.4) is 0 Å². The molecule has 1 atom stereocenters. The van der Waals surface area contributed by atoms with E-state index in [-0.39, 0.29) is 17.7 Å². The van der Waals surface area contributed by atoms with Crippen molar-refractivity contribution in [3.05, 3.63) is 51.8 Å². The number of benzene rings is 1. The zero-order chi connectivity index (χ0) is 25.2. The van der Waals surface area contributed by atoms with Crippen molar-refractivity contribution in [1.82, 2.24) is 14.5 Å². The molecule has 2 heterocycles. The number of aryl methyl sites for hydroxylation is 2. The zero-order valence-corrected chi connectivity index (χ0v) is 21.1. The highest BCUT2D eigenvalue weighted by Gasteiger charge is 2.32. The van der Waals surface area contributed by atoms with Crippen LogP contribution < -0.4 is 0 Å². The van der Waals surface area contributed by atoms with E-state index in [9.17, 15) is 18.0 Å². The van der Waals surface area contributed by atoms with Gasteiger partial charge in [0.15, 0.2) is 0 Å². The predicted octanol–water partition coefficient (Wildman–Crippen LogP) is 5.47. The lowest BCUT2D eigenvalue weighted by molar-refractivity contribution is -0.137. The summed E-state index contributed by atoms with van der Waals surface area (Å²) in [5, 5.41) is 0.496. The van der Waals surface area contributed by atoms with Crippen LogP contribution in [-0.2, 0) is 29.2 Å². The van der Waals surface area contributed by atoms with Crippen LogP contribution in [0.1, 0.15) is 23.9 Å². The zero-order valence-electron chi connectivity index (χ0n) is 19.5. The fraction of sp³-hybridized carbons (Fsp3) is 0.500. The third-order valence-electron chi connectivity index (χ3n) is 6.07. The number of allylic oxidation sites excluding steroid dienone is 3. The number of carbonyl (C=O) groups is 1. The van der Waals surface area contributed by atoms with E-state index in [0.29, 0.717) is 65.1 Å². The van der Waals surface area contributed by atoms with E-state index in [1.54, 1.807) is 42.7 Å². The van der Waals surface area contributed by atoms with Gasteiger partial charge in [0.05, 0.1) is 29.1 Å². The maximum atomic E-state index is 13.2. The Hall–Kier alpha value is -2.03. The van der Waals surface area contributed by atoms with Gasteiger partial charge in [-0.1, -0.05) is 24.6 Å². The molecule has 1 unspecified atom stereocenters. The summed E-state index contributed by atoms with van der Waals surface area (Å²) >= 11 is 12.5. The van der Waals surface area contributed by atoms with Gasteiger partial charge in [-0.05, 0) is 36.6 Å². The lowest BCUT2D eigenvalue weighted by atomic mass is 10.00. The number of nitrogens with zero attached hydrogens (tertiary/aromatic N) is 3. The van der Waals surface area contributed by atoms with Crippen LogP contribution in [0.25, 0.3) is 11.0 Å². The summed E-state index contributed by atoms with van der Waals surface area (Å²) in [6.45, 7) is 5.41. The van der Waals surface area contributed by atoms with E-state index in [2.05, 4.69) is 4.98 Å². The average molecular weight is 518 g/mol. The monoisotopic (exact) mass is 517 g/mol. The molecular formula is C24H28Cl2F3N3O2. The van der Waals surface area contributed by atoms with Gasteiger partial charge in [-0.25, -0.2) is 4.98 Å². The molecule has 1 aliphatic heterocycles. The topological polar surface area (TPSA) is 47.4 Å². The van der Waals surface area contributed by atoms with E-state index >= 15 is 0 Å². The van der Waals surface area contributed by atoms with Gasteiger partial charge in [-0.2, -0.15) is 13.2 Å². The molecule has 1 amide bonds. The molecule has 2 aromatic rings. The SMILES string of the molecule is COCC1CN(C(=O)/C(=C/C=C(/Cl)C(C)Cc2nc3c(C)cc(C(F)(F)F)cc3n2C)CCl)C1. The molecule has 0 saturated carbocycles. The van der Waals surface area contributed by atoms with Gasteiger partial charge in [0.2, 0.25) is 0 Å². The van der Waals surface area contributed by atoms with E-state index in [0.717, 1.165) is 12.1 Å². The highest BCUT2D eigenvalue weighted by Crippen LogP contribution is 2.33. The van der Waals surface area contributed by atoms with Crippen molar-refractivity contribution in [3.8, 4) is 0 Å². The molecule has 0 spiro atoms. The molecule has 5 nitrogen and oxygen atoms in total. The van der Waals surface area contributed by atoms with E-state index in [4.69, 9.17) is 27.9 Å². The number of rotatable bonds is 8. The molecule has 0 bridgehead atoms. The van der Waals surface area contributed by atoms with E-state index in [1.165, 1.54) is 0 Å². The number of hydrogen-bond acceptors (Lipinski definition) is 3. The summed E-state index contributed by atoms with van der Waals surface area (Å²) in [7, 11) is 3.33. The van der Waals surface area contributed by atoms with E-state index in [1.807, 2.05) is 6.92 Å². The third kappa shape index (κ3) is 5.78. The quantitative estimate of drug-likeness (QED) is 0.265. The van der Waals surface area contributed by atoms with Crippen LogP contribution in [0, 0.1) is 18.8 Å². The number of carbonyl (C=O) groups excluding carboxylic acids is 1. The summed E-state index contributed by atoms with van der Waals surface area (Å²) in [6, 6.07) is 2.23. The predicted molar refractivity (Wildman–Crippen MR) is 128 cm³/mol. The number of methoxy groups -OCH3 is 1. The number of amides is 1. The van der Waals surface area contributed by atoms with Crippen molar-refractivity contribution < 1.29 is 22.7 Å². The summed E-state index contributed by atoms with van der Waals surface area (Å²) < 4.78 is 46.4. The van der Waals surface area contributed by atoms with Crippen molar-refractivity contribution in [1.29, 1.82) is 0 Å². The van der Waals surface area contributed by atoms with Gasteiger partial charge in [0, 0.05) is 50.2 Å². The van der Waals surface area contributed by atoms with Crippen molar-refractivity contribution in [2.24, 2.45) is 18.9 Å². The Labute approximate surface area is 207 Å². The molecule has 1 aromatic heterocycles. The van der Waals surface area contributed by atoms with Gasteiger partial charge >= 0.3 is 6.18 Å². The maximum absolute atomic E-state index is 13.2. The van der Waals surface area contributed by atoms with Gasteiger partial charge < -0.3 is 14.2 Å². The number of fused-ring (bicyclic) bond motifs is 1. The number of hydrogen-bond donors (Lipinski definition) is 0. The highest BCUT2D eigenvalue weighted by atomic mass is 35.5. The number of imidazole rings is 1. The number of ether oxygens (including phenoxy) is 1. The summed E-state index contributed by atoms with van der Waals surface area (Å²) in [5.41, 5.74) is 1.17. The second-order valence-corrected chi connectivity index (χ2v) is 9.46. The van der Waals surface area contributed by atoms with Crippen LogP contribution in [-0.4, -0.2) is 53.0 Å². The number of halogens is 5. The molecular weight excluding hydrogens is 490 g/mol. The fourth-order valence-electron chi connectivity index (χ4n) is 4.02. The number of likely N-dealkylation sites (tertiary alicyclic amines) is 1. The minimum atomic E-state index is -4.42. The normalized spacial score (nSPS) is 16.8. The molecule has 186 valence electrons. The molecule has 1 aromatic carbocycles. The number of aromatic nitrogens is 2. The van der Waals surface area contributed by atoms with Gasteiger partial charge in [-0.3, -0.25) is 4.79 Å². The Morgan fingerprint density at radius 3 is 2.59 bits per heavy atom. The Morgan fingerprint density at radius 2 is 2.00 bits per heavy atom. The molecule has 0 N–H and O–H groups in total. The first-order valence-corrected chi connectivity index (χ1v) is 11.8. The average Bonchev–Trinajstić information content (AvgIpc) is 3.06. The van der Waals surface area contributed by atoms with Crippen molar-refractivity contribution in [2.75, 3.05) is 32.7 Å². The summed E-state index contributed by atoms with van der Waals surface area (Å²) in [4.78, 5) is 18.9. The van der Waals surface area contributed by atoms with E-state index < -0.39 is 11.7 Å². The maximum Gasteiger partial charge on any atom is 0.416 e. The minimum absolute atomic E-state index is 0.0604. The highest BCUT2D eigenvalue weighted by molar-refractivity contribution is 6.30. The number of alkyl halides is 4. The molecule has 1 aliphatic rings. The van der Waals surface area contributed by atoms with Crippen LogP contribution in [0.2, 0.25) is 0 Å². The summed E-state index contributed by atoms with van der Waals surface area (Å²) in [6.07, 6.45) is -0.714. The van der Waals surface area contributed by atoms with Crippen molar-refractivity contribution in [2.45, 2.75) is 26.4 Å². The van der Waals surface area contributed by atoms with Crippen molar-refractivity contribution in [3.63, 3.8) is 0 Å². The molecule has 10 heteroatoms. The first kappa shape index (κ1) is 26.6. The molecule has 1 saturated heterocycles. The van der Waals surface area contributed by atoms with Crippen LogP contribution in [0.4, 0.5) is 13.2 Å². The van der Waals surface area contributed by atoms with Crippen LogP contribution >= 0.6 is 23.2 Å². The third-order valence-corrected chi connectivity index (χ3v) is 6.85. The minimum Gasteiger partial charge on any atom is -0.384 e. The first-order chi connectivity index (χ1) is 16.0. The second-order valence-electron chi connectivity index (χ2n) is 8.76. The lowest BCUT2D eigenvalue weighted by Crippen LogP contribution is -2.52. The smallest absolute Gasteiger partial charge is 0.384 e. The van der Waals surface area contributed by atoms with Gasteiger partial charge in [0.25, 0.3) is 5.91 Å². The Bertz CT molecular complexity index is 1120. The largest absolute Gasteiger partial charge is 0.416 e. The lowest BCUT2D eigenvalue weighted by Gasteiger charge is -2.39. The summed E-state index contributed by atoms with van der Waals surface area (Å²) in [5.74, 6) is 0.734. The van der Waals surface area contributed by atoms with Crippen molar-refractivity contribution >= 4 is 40.1 Å².